The maximum absolute atomic E-state index is 5.29. The summed E-state index contributed by atoms with van der Waals surface area (Å²) in [7, 11) is 0. The van der Waals surface area contributed by atoms with Gasteiger partial charge in [-0.05, 0) is 80.6 Å². The van der Waals surface area contributed by atoms with Crippen LogP contribution in [0, 0.1) is 34.6 Å². The zero-order valence-corrected chi connectivity index (χ0v) is 13.4. The van der Waals surface area contributed by atoms with Gasteiger partial charge in [0.2, 0.25) is 0 Å². The van der Waals surface area contributed by atoms with Crippen molar-refractivity contribution < 1.29 is 4.42 Å². The van der Waals surface area contributed by atoms with E-state index in [1.54, 1.807) is 6.26 Å². The highest BCUT2D eigenvalue weighted by atomic mass is 16.3. The average Bonchev–Trinajstić information content (AvgIpc) is 2.96. The van der Waals surface area contributed by atoms with E-state index in [-0.39, 0.29) is 6.04 Å². The smallest absolute Gasteiger partial charge is 0.0953 e. The van der Waals surface area contributed by atoms with Gasteiger partial charge in [-0.15, -0.1) is 0 Å². The molecule has 2 nitrogen and oxygen atoms in total. The van der Waals surface area contributed by atoms with Gasteiger partial charge in [0, 0.05) is 5.56 Å². The first-order valence-electron chi connectivity index (χ1n) is 7.31. The molecular formula is C18H25NO. The van der Waals surface area contributed by atoms with Gasteiger partial charge in [-0.1, -0.05) is 6.92 Å². The molecule has 0 aliphatic heterocycles. The highest BCUT2D eigenvalue weighted by Crippen LogP contribution is 2.33. The van der Waals surface area contributed by atoms with Crippen LogP contribution in [0.4, 0.5) is 0 Å². The number of rotatable bonds is 4. The third kappa shape index (κ3) is 2.40. The molecule has 2 aromatic rings. The van der Waals surface area contributed by atoms with Crippen LogP contribution in [-0.2, 0) is 0 Å². The summed E-state index contributed by atoms with van der Waals surface area (Å²) in [4.78, 5) is 0. The van der Waals surface area contributed by atoms with Gasteiger partial charge in [-0.3, -0.25) is 0 Å². The number of benzene rings is 1. The minimum absolute atomic E-state index is 0.205. The van der Waals surface area contributed by atoms with Crippen molar-refractivity contribution in [2.24, 2.45) is 0 Å². The Kier molecular flexibility index (Phi) is 4.34. The van der Waals surface area contributed by atoms with E-state index >= 15 is 0 Å². The monoisotopic (exact) mass is 271 g/mol. The summed E-state index contributed by atoms with van der Waals surface area (Å²) >= 11 is 0. The summed E-state index contributed by atoms with van der Waals surface area (Å²) in [6, 6.07) is 2.26. The molecule has 1 aromatic heterocycles. The van der Waals surface area contributed by atoms with Gasteiger partial charge >= 0.3 is 0 Å². The molecule has 1 aromatic carbocycles. The van der Waals surface area contributed by atoms with Crippen LogP contribution in [0.5, 0.6) is 0 Å². The summed E-state index contributed by atoms with van der Waals surface area (Å²) < 4.78 is 5.29. The van der Waals surface area contributed by atoms with Crippen molar-refractivity contribution in [2.45, 2.75) is 47.6 Å². The predicted molar refractivity (Wildman–Crippen MR) is 84.4 cm³/mol. The van der Waals surface area contributed by atoms with Gasteiger partial charge < -0.3 is 9.73 Å². The second kappa shape index (κ2) is 5.84. The molecule has 1 unspecified atom stereocenters. The maximum atomic E-state index is 5.29. The van der Waals surface area contributed by atoms with Gasteiger partial charge in [0.15, 0.2) is 0 Å². The van der Waals surface area contributed by atoms with E-state index in [9.17, 15) is 0 Å². The quantitative estimate of drug-likeness (QED) is 0.884. The van der Waals surface area contributed by atoms with E-state index < -0.39 is 0 Å². The summed E-state index contributed by atoms with van der Waals surface area (Å²) in [5.41, 5.74) is 9.57. The zero-order valence-electron chi connectivity index (χ0n) is 13.4. The van der Waals surface area contributed by atoms with Crippen LogP contribution in [0.1, 0.15) is 51.9 Å². The second-order valence-electron chi connectivity index (χ2n) is 5.59. The van der Waals surface area contributed by atoms with Crippen molar-refractivity contribution >= 4 is 0 Å². The number of furan rings is 1. The van der Waals surface area contributed by atoms with Crippen molar-refractivity contribution in [2.75, 3.05) is 6.54 Å². The van der Waals surface area contributed by atoms with E-state index in [2.05, 4.69) is 52.9 Å². The summed E-state index contributed by atoms with van der Waals surface area (Å²) in [6.45, 7) is 14.2. The van der Waals surface area contributed by atoms with Crippen LogP contribution in [0.25, 0.3) is 0 Å². The van der Waals surface area contributed by atoms with Crippen molar-refractivity contribution in [1.82, 2.24) is 5.32 Å². The molecule has 0 spiro atoms. The zero-order chi connectivity index (χ0) is 14.9. The van der Waals surface area contributed by atoms with Gasteiger partial charge in [0.05, 0.1) is 18.6 Å². The lowest BCUT2D eigenvalue weighted by molar-refractivity contribution is 0.552. The highest BCUT2D eigenvalue weighted by molar-refractivity contribution is 5.52. The van der Waals surface area contributed by atoms with Gasteiger partial charge in [-0.25, -0.2) is 0 Å². The molecule has 0 aliphatic carbocycles. The molecule has 2 rings (SSSR count). The number of hydrogen-bond acceptors (Lipinski definition) is 2. The van der Waals surface area contributed by atoms with Crippen molar-refractivity contribution in [3.05, 3.63) is 57.5 Å². The molecule has 1 heterocycles. The van der Waals surface area contributed by atoms with Crippen LogP contribution in [-0.4, -0.2) is 6.54 Å². The molecule has 0 amide bonds. The largest absolute Gasteiger partial charge is 0.472 e. The first-order valence-corrected chi connectivity index (χ1v) is 7.31. The van der Waals surface area contributed by atoms with Gasteiger partial charge in [0.25, 0.3) is 0 Å². The highest BCUT2D eigenvalue weighted by Gasteiger charge is 2.21. The molecule has 0 bridgehead atoms. The van der Waals surface area contributed by atoms with E-state index in [4.69, 9.17) is 4.42 Å². The molecule has 20 heavy (non-hydrogen) atoms. The molecule has 0 fully saturated rings. The van der Waals surface area contributed by atoms with Crippen LogP contribution < -0.4 is 5.32 Å². The Hall–Kier alpha value is -1.54. The summed E-state index contributed by atoms with van der Waals surface area (Å²) in [5, 5.41) is 3.60. The lowest BCUT2D eigenvalue weighted by atomic mass is 9.84. The molecular weight excluding hydrogens is 246 g/mol. The Labute approximate surface area is 122 Å². The molecule has 108 valence electrons. The first kappa shape index (κ1) is 14.9. The van der Waals surface area contributed by atoms with E-state index in [0.29, 0.717) is 0 Å². The number of nitrogens with one attached hydrogen (secondary N) is 1. The van der Waals surface area contributed by atoms with Crippen LogP contribution in [0.3, 0.4) is 0 Å². The molecule has 0 saturated carbocycles. The lowest BCUT2D eigenvalue weighted by Crippen LogP contribution is -2.24. The van der Waals surface area contributed by atoms with Gasteiger partial charge in [0.1, 0.15) is 0 Å². The normalized spacial score (nSPS) is 12.7. The van der Waals surface area contributed by atoms with Gasteiger partial charge in [-0.2, -0.15) is 0 Å². The van der Waals surface area contributed by atoms with Crippen LogP contribution in [0.2, 0.25) is 0 Å². The minimum atomic E-state index is 0.205. The Morgan fingerprint density at radius 3 is 1.95 bits per heavy atom. The first-order chi connectivity index (χ1) is 9.49. The predicted octanol–water partition coefficient (Wildman–Crippen LogP) is 4.52. The maximum Gasteiger partial charge on any atom is 0.0953 e. The van der Waals surface area contributed by atoms with Crippen LogP contribution >= 0.6 is 0 Å². The minimum Gasteiger partial charge on any atom is -0.472 e. The molecule has 1 atom stereocenters. The molecule has 2 heteroatoms. The SMILES string of the molecule is CCNC(c1ccoc1)c1c(C)c(C)c(C)c(C)c1C. The number of hydrogen-bond donors (Lipinski definition) is 1. The molecule has 1 N–H and O–H groups in total. The Morgan fingerprint density at radius 2 is 1.50 bits per heavy atom. The van der Waals surface area contributed by atoms with Crippen molar-refractivity contribution in [3.63, 3.8) is 0 Å². The van der Waals surface area contributed by atoms with Crippen LogP contribution in [0.15, 0.2) is 23.0 Å². The summed E-state index contributed by atoms with van der Waals surface area (Å²) in [5.74, 6) is 0. The average molecular weight is 271 g/mol. The Balaban J connectivity index is 2.66. The van der Waals surface area contributed by atoms with E-state index in [1.807, 2.05) is 6.26 Å². The Bertz CT molecular complexity index is 567. The van der Waals surface area contributed by atoms with E-state index in [0.717, 1.165) is 6.54 Å². The molecule has 0 radical (unpaired) electrons. The topological polar surface area (TPSA) is 25.2 Å². The lowest BCUT2D eigenvalue weighted by Gasteiger charge is -2.25. The fraction of sp³-hybridized carbons (Fsp3) is 0.444. The summed E-state index contributed by atoms with van der Waals surface area (Å²) in [6.07, 6.45) is 3.59. The molecule has 0 aliphatic rings. The van der Waals surface area contributed by atoms with Crippen molar-refractivity contribution in [3.8, 4) is 0 Å². The second-order valence-corrected chi connectivity index (χ2v) is 5.59. The third-order valence-electron chi connectivity index (χ3n) is 4.63. The van der Waals surface area contributed by atoms with Crippen molar-refractivity contribution in [1.29, 1.82) is 0 Å². The molecule has 0 saturated heterocycles. The Morgan fingerprint density at radius 1 is 0.950 bits per heavy atom. The standard InChI is InChI=1S/C18H25NO/c1-7-19-18(16-8-9-20-10-16)17-14(5)12(3)11(2)13(4)15(17)6/h8-10,18-19H,7H2,1-6H3. The fourth-order valence-electron chi connectivity index (χ4n) is 2.99. The third-order valence-corrected chi connectivity index (χ3v) is 4.63. The van der Waals surface area contributed by atoms with E-state index in [1.165, 1.54) is 38.9 Å². The fourth-order valence-corrected chi connectivity index (χ4v) is 2.99.